The van der Waals surface area contributed by atoms with E-state index in [0.717, 1.165) is 6.42 Å². The fourth-order valence-electron chi connectivity index (χ4n) is 1.71. The molecule has 0 spiro atoms. The number of Topliss-reactive ketones (excluding diaryl/α,β-unsaturated/α-hetero) is 1. The molecule has 104 valence electrons. The molecule has 5 heteroatoms. The molecule has 0 heterocycles. The molecule has 18 heavy (non-hydrogen) atoms. The molecule has 2 atom stereocenters. The highest BCUT2D eigenvalue weighted by molar-refractivity contribution is 5.85. The van der Waals surface area contributed by atoms with Crippen LogP contribution in [-0.4, -0.2) is 37.2 Å². The number of alkyl carbamates (subject to hydrolysis) is 1. The fourth-order valence-corrected chi connectivity index (χ4v) is 1.71. The number of carbonyl (C=O) groups is 2. The maximum absolute atomic E-state index is 11.6. The average Bonchev–Trinajstić information content (AvgIpc) is 3.00. The van der Waals surface area contributed by atoms with Gasteiger partial charge in [-0.1, -0.05) is 0 Å². The van der Waals surface area contributed by atoms with E-state index in [1.54, 1.807) is 0 Å². The van der Waals surface area contributed by atoms with E-state index < -0.39 is 11.7 Å². The van der Waals surface area contributed by atoms with Gasteiger partial charge in [-0.05, 0) is 40.0 Å². The molecule has 1 aliphatic rings. The van der Waals surface area contributed by atoms with Gasteiger partial charge in [0.1, 0.15) is 12.2 Å². The molecule has 1 N–H and O–H groups in total. The maximum atomic E-state index is 11.6. The van der Waals surface area contributed by atoms with Gasteiger partial charge in [-0.25, -0.2) is 4.79 Å². The largest absolute Gasteiger partial charge is 0.444 e. The minimum absolute atomic E-state index is 0.0477. The Labute approximate surface area is 108 Å². The molecule has 1 aliphatic carbocycles. The van der Waals surface area contributed by atoms with Crippen molar-refractivity contribution in [2.75, 3.05) is 19.8 Å². The van der Waals surface area contributed by atoms with Crippen LogP contribution in [0.5, 0.6) is 0 Å². The Morgan fingerprint density at radius 1 is 1.33 bits per heavy atom. The Morgan fingerprint density at radius 2 is 2.00 bits per heavy atom. The smallest absolute Gasteiger partial charge is 0.407 e. The molecule has 1 amide bonds. The van der Waals surface area contributed by atoms with Crippen LogP contribution in [0.1, 0.15) is 34.1 Å². The molecule has 0 bridgehead atoms. The molecular weight excluding hydrogens is 234 g/mol. The van der Waals surface area contributed by atoms with Crippen LogP contribution in [0, 0.1) is 11.8 Å². The first-order chi connectivity index (χ1) is 8.33. The molecule has 1 saturated carbocycles. The van der Waals surface area contributed by atoms with E-state index in [2.05, 4.69) is 5.32 Å². The molecule has 0 unspecified atom stereocenters. The van der Waals surface area contributed by atoms with Gasteiger partial charge in [0.25, 0.3) is 0 Å². The van der Waals surface area contributed by atoms with Crippen LogP contribution in [-0.2, 0) is 14.3 Å². The second kappa shape index (κ2) is 6.18. The molecule has 0 aliphatic heterocycles. The third-order valence-corrected chi connectivity index (χ3v) is 2.69. The van der Waals surface area contributed by atoms with Gasteiger partial charge in [0.15, 0.2) is 5.78 Å². The van der Waals surface area contributed by atoms with Gasteiger partial charge < -0.3 is 14.8 Å². The molecule has 0 aromatic carbocycles. The normalized spacial score (nSPS) is 22.4. The standard InChI is InChI=1S/C13H23NO4/c1-5-17-8-11(15)10-6-9(10)7-14-12(16)18-13(2,3)4/h9-10H,5-8H2,1-4H3,(H,14,16)/t9-,10-/m1/s1. The van der Waals surface area contributed by atoms with E-state index in [9.17, 15) is 9.59 Å². The van der Waals surface area contributed by atoms with E-state index in [4.69, 9.17) is 9.47 Å². The molecule has 1 fully saturated rings. The van der Waals surface area contributed by atoms with E-state index in [1.807, 2.05) is 27.7 Å². The van der Waals surface area contributed by atoms with E-state index in [0.29, 0.717) is 13.2 Å². The Hall–Kier alpha value is -1.10. The Kier molecular flexibility index (Phi) is 5.14. The van der Waals surface area contributed by atoms with Crippen molar-refractivity contribution in [1.82, 2.24) is 5.32 Å². The monoisotopic (exact) mass is 257 g/mol. The lowest BCUT2D eigenvalue weighted by atomic mass is 10.2. The van der Waals surface area contributed by atoms with Gasteiger partial charge >= 0.3 is 6.09 Å². The van der Waals surface area contributed by atoms with Gasteiger partial charge in [0, 0.05) is 19.1 Å². The van der Waals surface area contributed by atoms with Gasteiger partial charge in [-0.2, -0.15) is 0 Å². The van der Waals surface area contributed by atoms with Crippen molar-refractivity contribution in [1.29, 1.82) is 0 Å². The van der Waals surface area contributed by atoms with Crippen LogP contribution in [0.4, 0.5) is 4.79 Å². The highest BCUT2D eigenvalue weighted by Gasteiger charge is 2.42. The van der Waals surface area contributed by atoms with Crippen LogP contribution in [0.15, 0.2) is 0 Å². The highest BCUT2D eigenvalue weighted by atomic mass is 16.6. The Bertz CT molecular complexity index is 309. The van der Waals surface area contributed by atoms with Crippen molar-refractivity contribution >= 4 is 11.9 Å². The van der Waals surface area contributed by atoms with Crippen LogP contribution in [0.2, 0.25) is 0 Å². The predicted molar refractivity (Wildman–Crippen MR) is 67.3 cm³/mol. The highest BCUT2D eigenvalue weighted by Crippen LogP contribution is 2.38. The summed E-state index contributed by atoms with van der Waals surface area (Å²) in [7, 11) is 0. The van der Waals surface area contributed by atoms with E-state index >= 15 is 0 Å². The molecule has 0 saturated heterocycles. The first kappa shape index (κ1) is 15.0. The zero-order valence-electron chi connectivity index (χ0n) is 11.6. The lowest BCUT2D eigenvalue weighted by molar-refractivity contribution is -0.124. The van der Waals surface area contributed by atoms with Crippen molar-refractivity contribution in [3.05, 3.63) is 0 Å². The zero-order chi connectivity index (χ0) is 13.8. The summed E-state index contributed by atoms with van der Waals surface area (Å²) in [4.78, 5) is 23.0. The number of rotatable bonds is 6. The number of carbonyl (C=O) groups excluding carboxylic acids is 2. The van der Waals surface area contributed by atoms with Gasteiger partial charge in [0.2, 0.25) is 0 Å². The predicted octanol–water partition coefficient (Wildman–Crippen LogP) is 1.75. The summed E-state index contributed by atoms with van der Waals surface area (Å²) in [6.07, 6.45) is 0.409. The van der Waals surface area contributed by atoms with Crippen molar-refractivity contribution in [3.63, 3.8) is 0 Å². The third-order valence-electron chi connectivity index (χ3n) is 2.69. The Balaban J connectivity index is 2.16. The van der Waals surface area contributed by atoms with Crippen LogP contribution < -0.4 is 5.32 Å². The van der Waals surface area contributed by atoms with Crippen LogP contribution in [0.25, 0.3) is 0 Å². The lowest BCUT2D eigenvalue weighted by Gasteiger charge is -2.19. The molecule has 0 radical (unpaired) electrons. The number of hydrogen-bond acceptors (Lipinski definition) is 4. The number of hydrogen-bond donors (Lipinski definition) is 1. The molecular formula is C13H23NO4. The summed E-state index contributed by atoms with van der Waals surface area (Å²) in [6, 6.07) is 0. The van der Waals surface area contributed by atoms with Crippen molar-refractivity contribution < 1.29 is 19.1 Å². The fraction of sp³-hybridized carbons (Fsp3) is 0.846. The molecule has 1 rings (SSSR count). The number of ketones is 1. The van der Waals surface area contributed by atoms with E-state index in [-0.39, 0.29) is 24.2 Å². The van der Waals surface area contributed by atoms with Crippen molar-refractivity contribution in [3.8, 4) is 0 Å². The maximum Gasteiger partial charge on any atom is 0.407 e. The summed E-state index contributed by atoms with van der Waals surface area (Å²) in [5.41, 5.74) is -0.488. The summed E-state index contributed by atoms with van der Waals surface area (Å²) >= 11 is 0. The number of amides is 1. The molecule has 0 aromatic heterocycles. The average molecular weight is 257 g/mol. The molecule has 5 nitrogen and oxygen atoms in total. The summed E-state index contributed by atoms with van der Waals surface area (Å²) in [6.45, 7) is 8.55. The van der Waals surface area contributed by atoms with Crippen LogP contribution in [0.3, 0.4) is 0 Å². The number of nitrogens with one attached hydrogen (secondary N) is 1. The Morgan fingerprint density at radius 3 is 2.56 bits per heavy atom. The molecule has 0 aromatic rings. The minimum Gasteiger partial charge on any atom is -0.444 e. The topological polar surface area (TPSA) is 64.6 Å². The SMILES string of the molecule is CCOCC(=O)[C@@H]1C[C@@H]1CNC(=O)OC(C)(C)C. The number of ether oxygens (including phenoxy) is 2. The van der Waals surface area contributed by atoms with Crippen molar-refractivity contribution in [2.45, 2.75) is 39.7 Å². The summed E-state index contributed by atoms with van der Waals surface area (Å²) in [5.74, 6) is 0.421. The summed E-state index contributed by atoms with van der Waals surface area (Å²) in [5, 5.41) is 2.69. The first-order valence-electron chi connectivity index (χ1n) is 6.40. The third kappa shape index (κ3) is 5.49. The lowest BCUT2D eigenvalue weighted by Crippen LogP contribution is -2.34. The van der Waals surface area contributed by atoms with Crippen molar-refractivity contribution in [2.24, 2.45) is 11.8 Å². The quantitative estimate of drug-likeness (QED) is 0.787. The van der Waals surface area contributed by atoms with E-state index in [1.165, 1.54) is 0 Å². The van der Waals surface area contributed by atoms with Gasteiger partial charge in [-0.15, -0.1) is 0 Å². The second-order valence-electron chi connectivity index (χ2n) is 5.59. The zero-order valence-corrected chi connectivity index (χ0v) is 11.6. The second-order valence-corrected chi connectivity index (χ2v) is 5.59. The van der Waals surface area contributed by atoms with Crippen LogP contribution >= 0.6 is 0 Å². The van der Waals surface area contributed by atoms with Gasteiger partial charge in [-0.3, -0.25) is 4.79 Å². The summed E-state index contributed by atoms with van der Waals surface area (Å²) < 4.78 is 10.2. The minimum atomic E-state index is -0.488. The first-order valence-corrected chi connectivity index (χ1v) is 6.40. The van der Waals surface area contributed by atoms with Gasteiger partial charge in [0.05, 0.1) is 0 Å².